The number of anilines is 2. The van der Waals surface area contributed by atoms with Gasteiger partial charge in [-0.25, -0.2) is 14.6 Å². The average molecular weight is 734 g/mol. The van der Waals surface area contributed by atoms with Crippen LogP contribution in [0.2, 0.25) is 0 Å². The lowest BCUT2D eigenvalue weighted by Gasteiger charge is -2.28. The van der Waals surface area contributed by atoms with Gasteiger partial charge in [-0.05, 0) is 107 Å². The van der Waals surface area contributed by atoms with Crippen LogP contribution in [0.25, 0.3) is 10.8 Å². The summed E-state index contributed by atoms with van der Waals surface area (Å²) in [5.74, 6) is -0.375. The zero-order valence-corrected chi connectivity index (χ0v) is 30.8. The van der Waals surface area contributed by atoms with Gasteiger partial charge in [0.05, 0.1) is 6.54 Å². The van der Waals surface area contributed by atoms with Gasteiger partial charge < -0.3 is 19.5 Å². The number of imide groups is 1. The molecule has 2 amide bonds. The molecule has 0 saturated carbocycles. The van der Waals surface area contributed by atoms with Crippen molar-refractivity contribution in [1.82, 2.24) is 25.0 Å². The lowest BCUT2D eigenvalue weighted by atomic mass is 9.96. The molecule has 2 aromatic carbocycles. The SMILES string of the molecule is Cc1cc2c(N(C(=O)OC(C)(C)C)C(=O)OC(C)(C)C)nccc2c(C)c1CNc1cc(OCc2ccc(Cn3cccn3)cc2)c(C(F)(F)F)nn1. The third-order valence-corrected chi connectivity index (χ3v) is 7.82. The van der Waals surface area contributed by atoms with Gasteiger partial charge in [0.15, 0.2) is 17.4 Å². The molecule has 5 aromatic rings. The molecule has 0 unspecified atom stereocenters. The number of ether oxygens (including phenoxy) is 3. The van der Waals surface area contributed by atoms with Crippen LogP contribution in [0.1, 0.15) is 75.1 Å². The van der Waals surface area contributed by atoms with Crippen LogP contribution in [0.4, 0.5) is 34.4 Å². The number of pyridine rings is 1. The summed E-state index contributed by atoms with van der Waals surface area (Å²) in [6, 6.07) is 13.8. The minimum Gasteiger partial charge on any atom is -0.486 e. The van der Waals surface area contributed by atoms with Crippen molar-refractivity contribution in [2.75, 3.05) is 10.2 Å². The van der Waals surface area contributed by atoms with E-state index in [-0.39, 0.29) is 24.8 Å². The Kier molecular flexibility index (Phi) is 11.0. The average Bonchev–Trinajstić information content (AvgIpc) is 3.56. The molecule has 3 heterocycles. The first-order chi connectivity index (χ1) is 24.8. The highest BCUT2D eigenvalue weighted by Gasteiger charge is 2.38. The van der Waals surface area contributed by atoms with Crippen molar-refractivity contribution in [2.24, 2.45) is 0 Å². The van der Waals surface area contributed by atoms with Crippen LogP contribution in [0, 0.1) is 13.8 Å². The van der Waals surface area contributed by atoms with Gasteiger partial charge in [-0.1, -0.05) is 24.3 Å². The van der Waals surface area contributed by atoms with Crippen molar-refractivity contribution in [1.29, 1.82) is 0 Å². The number of alkyl halides is 3. The predicted octanol–water partition coefficient (Wildman–Crippen LogP) is 8.77. The lowest BCUT2D eigenvalue weighted by molar-refractivity contribution is -0.143. The van der Waals surface area contributed by atoms with E-state index in [0.717, 1.165) is 27.2 Å². The third-order valence-electron chi connectivity index (χ3n) is 7.82. The van der Waals surface area contributed by atoms with Gasteiger partial charge in [0.25, 0.3) is 0 Å². The molecule has 0 aliphatic heterocycles. The topological polar surface area (TPSA) is 134 Å². The fourth-order valence-corrected chi connectivity index (χ4v) is 5.44. The molecule has 3 aromatic heterocycles. The molecule has 1 N–H and O–H groups in total. The Hall–Kier alpha value is -5.73. The Morgan fingerprint density at radius 1 is 0.849 bits per heavy atom. The number of rotatable bonds is 9. The molecule has 0 atom stereocenters. The summed E-state index contributed by atoms with van der Waals surface area (Å²) in [5, 5.41) is 15.7. The van der Waals surface area contributed by atoms with Crippen molar-refractivity contribution < 1.29 is 37.0 Å². The number of benzene rings is 2. The molecular weight excluding hydrogens is 691 g/mol. The maximum Gasteiger partial charge on any atom is 0.438 e. The second-order valence-electron chi connectivity index (χ2n) is 14.4. The molecule has 0 aliphatic carbocycles. The van der Waals surface area contributed by atoms with Crippen molar-refractivity contribution in [2.45, 2.75) is 92.5 Å². The van der Waals surface area contributed by atoms with Gasteiger partial charge in [-0.15, -0.1) is 10.2 Å². The second kappa shape index (κ2) is 15.1. The summed E-state index contributed by atoms with van der Waals surface area (Å²) in [7, 11) is 0. The highest BCUT2D eigenvalue weighted by atomic mass is 19.4. The van der Waals surface area contributed by atoms with Crippen molar-refractivity contribution in [3.63, 3.8) is 0 Å². The normalized spacial score (nSPS) is 12.1. The van der Waals surface area contributed by atoms with Crippen LogP contribution >= 0.6 is 0 Å². The molecular formula is C38H42F3N7O5. The van der Waals surface area contributed by atoms with E-state index in [1.807, 2.05) is 38.2 Å². The molecule has 0 spiro atoms. The molecule has 0 saturated heterocycles. The van der Waals surface area contributed by atoms with Gasteiger partial charge in [0.1, 0.15) is 17.8 Å². The number of hydrogen-bond donors (Lipinski definition) is 1. The van der Waals surface area contributed by atoms with Crippen molar-refractivity contribution in [3.8, 4) is 5.75 Å². The highest BCUT2D eigenvalue weighted by molar-refractivity contribution is 6.14. The van der Waals surface area contributed by atoms with Gasteiger partial charge >= 0.3 is 18.4 Å². The molecule has 12 nitrogen and oxygen atoms in total. The molecule has 0 aliphatic rings. The predicted molar refractivity (Wildman–Crippen MR) is 193 cm³/mol. The van der Waals surface area contributed by atoms with Crippen LogP contribution < -0.4 is 15.0 Å². The zero-order valence-electron chi connectivity index (χ0n) is 30.8. The third kappa shape index (κ3) is 9.78. The maximum atomic E-state index is 13.9. The van der Waals surface area contributed by atoms with Crippen molar-refractivity contribution in [3.05, 3.63) is 101 Å². The van der Waals surface area contributed by atoms with Crippen LogP contribution in [-0.4, -0.2) is 48.4 Å². The Bertz CT molecular complexity index is 2060. The van der Waals surface area contributed by atoms with E-state index in [4.69, 9.17) is 14.2 Å². The zero-order chi connectivity index (χ0) is 38.7. The number of aryl methyl sites for hydroxylation is 2. The van der Waals surface area contributed by atoms with E-state index >= 15 is 0 Å². The van der Waals surface area contributed by atoms with Gasteiger partial charge in [0.2, 0.25) is 5.69 Å². The number of nitrogens with one attached hydrogen (secondary N) is 1. The van der Waals surface area contributed by atoms with E-state index in [1.54, 1.807) is 76.7 Å². The number of carbonyl (C=O) groups is 2. The van der Waals surface area contributed by atoms with E-state index in [1.165, 1.54) is 12.3 Å². The Balaban J connectivity index is 1.39. The summed E-state index contributed by atoms with van der Waals surface area (Å²) >= 11 is 0. The molecule has 0 bridgehead atoms. The largest absolute Gasteiger partial charge is 0.486 e. The Morgan fingerprint density at radius 3 is 2.08 bits per heavy atom. The lowest BCUT2D eigenvalue weighted by Crippen LogP contribution is -2.44. The second-order valence-corrected chi connectivity index (χ2v) is 14.4. The minimum absolute atomic E-state index is 0.0275. The number of hydrogen-bond acceptors (Lipinski definition) is 10. The van der Waals surface area contributed by atoms with Gasteiger partial charge in [0, 0.05) is 36.6 Å². The summed E-state index contributed by atoms with van der Waals surface area (Å²) in [6.07, 6.45) is -1.70. The monoisotopic (exact) mass is 733 g/mol. The molecule has 5 rings (SSSR count). The van der Waals surface area contributed by atoms with Gasteiger partial charge in [-0.3, -0.25) is 4.68 Å². The van der Waals surface area contributed by atoms with E-state index in [2.05, 4.69) is 25.6 Å². The molecule has 15 heteroatoms. The first kappa shape index (κ1) is 38.5. The van der Waals surface area contributed by atoms with E-state index in [9.17, 15) is 22.8 Å². The fourth-order valence-electron chi connectivity index (χ4n) is 5.44. The summed E-state index contributed by atoms with van der Waals surface area (Å²) in [5.41, 5.74) is 0.903. The number of aromatic nitrogens is 5. The first-order valence-electron chi connectivity index (χ1n) is 16.8. The summed E-state index contributed by atoms with van der Waals surface area (Å²) in [4.78, 5) is 32.0. The fraction of sp³-hybridized carbons (Fsp3) is 0.368. The van der Waals surface area contributed by atoms with Crippen LogP contribution in [0.5, 0.6) is 5.75 Å². The summed E-state index contributed by atoms with van der Waals surface area (Å²) < 4.78 is 60.3. The Labute approximate surface area is 305 Å². The maximum absolute atomic E-state index is 13.9. The molecule has 53 heavy (non-hydrogen) atoms. The van der Waals surface area contributed by atoms with Crippen LogP contribution in [0.15, 0.2) is 67.1 Å². The number of halogens is 3. The summed E-state index contributed by atoms with van der Waals surface area (Å²) in [6.45, 7) is 14.4. The molecule has 280 valence electrons. The standard InChI is InChI=1S/C38H42F3N7O5/c1-23-18-28-27(14-16-42-33(28)48(34(49)52-36(3,4)5)35(50)53-37(6,7)8)24(2)29(23)20-43-31-19-30(32(46-45-31)38(39,40)41)51-22-26-12-10-25(11-13-26)21-47-17-9-15-44-47/h9-19H,20-22H2,1-8H3,(H,43,45). The first-order valence-corrected chi connectivity index (χ1v) is 16.8. The minimum atomic E-state index is -4.79. The molecule has 0 radical (unpaired) electrons. The number of fused-ring (bicyclic) bond motifs is 1. The van der Waals surface area contributed by atoms with Gasteiger partial charge in [-0.2, -0.15) is 23.2 Å². The number of carbonyl (C=O) groups excluding carboxylic acids is 2. The van der Waals surface area contributed by atoms with Crippen molar-refractivity contribution >= 4 is 34.6 Å². The van der Waals surface area contributed by atoms with E-state index in [0.29, 0.717) is 22.9 Å². The van der Waals surface area contributed by atoms with Crippen LogP contribution in [-0.2, 0) is 35.3 Å². The Morgan fingerprint density at radius 2 is 1.49 bits per heavy atom. The number of amides is 2. The molecule has 0 fully saturated rings. The van der Waals surface area contributed by atoms with E-state index < -0.39 is 41.0 Å². The number of nitrogens with zero attached hydrogens (tertiary/aromatic N) is 6. The highest BCUT2D eigenvalue weighted by Crippen LogP contribution is 2.36. The smallest absolute Gasteiger partial charge is 0.438 e. The quantitative estimate of drug-likeness (QED) is 0.157. The van der Waals surface area contributed by atoms with Crippen LogP contribution in [0.3, 0.4) is 0 Å².